The van der Waals surface area contributed by atoms with Crippen LogP contribution in [0.25, 0.3) is 0 Å². The smallest absolute Gasteiger partial charge is 0.329 e. The largest absolute Gasteiger partial charge is 0.493 e. The third kappa shape index (κ3) is 13.2. The Bertz CT molecular complexity index is 1590. The molecule has 2 atom stereocenters. The van der Waals surface area contributed by atoms with E-state index in [1.807, 2.05) is 48.5 Å². The molecule has 1 amide bonds. The average molecular weight is 754 g/mol. The quantitative estimate of drug-likeness (QED) is 0.0404. The third-order valence-corrected chi connectivity index (χ3v) is 11.1. The van der Waals surface area contributed by atoms with Gasteiger partial charge in [-0.15, -0.1) is 0 Å². The summed E-state index contributed by atoms with van der Waals surface area (Å²) >= 11 is 0. The van der Waals surface area contributed by atoms with Crippen molar-refractivity contribution in [3.05, 3.63) is 78.0 Å². The molecule has 1 aromatic heterocycles. The molecule has 0 unspecified atom stereocenters. The number of hydrogen-bond acceptors (Lipinski definition) is 12. The number of benzene rings is 2. The molecule has 282 valence electrons. The van der Waals surface area contributed by atoms with Crippen molar-refractivity contribution in [2.75, 3.05) is 45.1 Å². The molecule has 3 aromatic rings. The van der Waals surface area contributed by atoms with Crippen LogP contribution in [0.5, 0.6) is 11.5 Å². The molecule has 1 aliphatic rings. The summed E-state index contributed by atoms with van der Waals surface area (Å²) in [6.45, 7) is 6.93. The maximum Gasteiger partial charge on any atom is 0.329 e. The highest BCUT2D eigenvalue weighted by molar-refractivity contribution is 8.76. The number of likely N-dealkylation sites (tertiary alicyclic amines) is 1. The maximum atomic E-state index is 13.7. The van der Waals surface area contributed by atoms with Crippen molar-refractivity contribution in [1.29, 1.82) is 0 Å². The molecular weight excluding hydrogens is 703 g/mol. The van der Waals surface area contributed by atoms with Gasteiger partial charge in [-0.3, -0.25) is 9.59 Å². The van der Waals surface area contributed by atoms with Crippen LogP contribution in [0.2, 0.25) is 0 Å². The Morgan fingerprint density at radius 3 is 2.65 bits per heavy atom. The highest BCUT2D eigenvalue weighted by Crippen LogP contribution is 2.32. The highest BCUT2D eigenvalue weighted by atomic mass is 33.1. The molecular formula is C39H51N3O8S2. The molecule has 0 radical (unpaired) electrons. The molecule has 13 heteroatoms. The number of rotatable bonds is 20. The highest BCUT2D eigenvalue weighted by Gasteiger charge is 2.35. The SMILES string of the molecule is CCC(C)(C)COCC(=O)N1CCCC[C@H]1C(=O)O[C@H](CCc1ccc(OCOC(=O)CCSSc2ccccn2)c(OC)c1)c1cccc(N)c1. The zero-order valence-electron chi connectivity index (χ0n) is 30.5. The Hall–Kier alpha value is -3.94. The number of aromatic nitrogens is 1. The lowest BCUT2D eigenvalue weighted by Crippen LogP contribution is -2.50. The second kappa shape index (κ2) is 20.9. The van der Waals surface area contributed by atoms with Crippen molar-refractivity contribution in [3.63, 3.8) is 0 Å². The number of carbonyl (C=O) groups excluding carboxylic acids is 3. The van der Waals surface area contributed by atoms with E-state index >= 15 is 0 Å². The molecule has 1 aliphatic heterocycles. The number of aryl methyl sites for hydroxylation is 1. The van der Waals surface area contributed by atoms with Gasteiger partial charge in [0.1, 0.15) is 23.8 Å². The predicted octanol–water partition coefficient (Wildman–Crippen LogP) is 7.43. The van der Waals surface area contributed by atoms with Gasteiger partial charge in [0.05, 0.1) is 20.1 Å². The van der Waals surface area contributed by atoms with E-state index in [0.29, 0.717) is 55.4 Å². The predicted molar refractivity (Wildman–Crippen MR) is 204 cm³/mol. The topological polar surface area (TPSA) is 140 Å². The van der Waals surface area contributed by atoms with Crippen LogP contribution in [0, 0.1) is 5.41 Å². The summed E-state index contributed by atoms with van der Waals surface area (Å²) in [6.07, 6.45) is 5.49. The molecule has 2 aromatic carbocycles. The number of amides is 1. The first kappa shape index (κ1) is 40.8. The van der Waals surface area contributed by atoms with Crippen LogP contribution in [0.4, 0.5) is 5.69 Å². The molecule has 0 aliphatic carbocycles. The molecule has 1 saturated heterocycles. The van der Waals surface area contributed by atoms with E-state index in [-0.39, 0.29) is 37.1 Å². The number of pyridine rings is 1. The first-order chi connectivity index (χ1) is 25.1. The molecule has 2 heterocycles. The number of nitrogen functional groups attached to an aromatic ring is 1. The molecule has 11 nitrogen and oxygen atoms in total. The standard InChI is InChI=1S/C39H51N3O8S2/c1-5-39(2,3)26-47-25-36(43)42-21-9-7-13-31(42)38(45)50-32(29-11-10-12-30(40)24-29)17-15-28-16-18-33(34(23-28)46-4)48-27-49-37(44)19-22-51-52-35-14-6-8-20-41-35/h6,8,10-12,14,16,18,20,23-24,31-32H,5,7,9,13,15,17,19,21-22,25-27,40H2,1-4H3/t31-,32+/m0/s1. The zero-order chi connectivity index (χ0) is 37.3. The fourth-order valence-corrected chi connectivity index (χ4v) is 7.34. The average Bonchev–Trinajstić information content (AvgIpc) is 3.15. The second-order valence-corrected chi connectivity index (χ2v) is 15.8. The van der Waals surface area contributed by atoms with Crippen molar-refractivity contribution in [2.45, 2.75) is 82.9 Å². The van der Waals surface area contributed by atoms with E-state index < -0.39 is 18.1 Å². The van der Waals surface area contributed by atoms with E-state index in [2.05, 4.69) is 25.8 Å². The summed E-state index contributed by atoms with van der Waals surface area (Å²) in [4.78, 5) is 45.0. The summed E-state index contributed by atoms with van der Waals surface area (Å²) in [6, 6.07) is 17.8. The number of ether oxygens (including phenoxy) is 5. The lowest BCUT2D eigenvalue weighted by atomic mass is 9.92. The van der Waals surface area contributed by atoms with Crippen LogP contribution >= 0.6 is 21.6 Å². The maximum absolute atomic E-state index is 13.7. The molecule has 0 bridgehead atoms. The summed E-state index contributed by atoms with van der Waals surface area (Å²) in [5, 5.41) is 0.883. The third-order valence-electron chi connectivity index (χ3n) is 8.84. The summed E-state index contributed by atoms with van der Waals surface area (Å²) < 4.78 is 28.5. The van der Waals surface area contributed by atoms with Gasteiger partial charge in [0.15, 0.2) is 11.5 Å². The van der Waals surface area contributed by atoms with Crippen LogP contribution in [-0.2, 0) is 35.0 Å². The molecule has 0 saturated carbocycles. The molecule has 1 fully saturated rings. The number of anilines is 1. The van der Waals surface area contributed by atoms with E-state index in [1.54, 1.807) is 30.3 Å². The van der Waals surface area contributed by atoms with Gasteiger partial charge in [0.2, 0.25) is 12.7 Å². The van der Waals surface area contributed by atoms with Crippen LogP contribution in [-0.4, -0.2) is 73.2 Å². The van der Waals surface area contributed by atoms with Crippen molar-refractivity contribution >= 4 is 45.1 Å². The van der Waals surface area contributed by atoms with Crippen molar-refractivity contribution in [3.8, 4) is 11.5 Å². The first-order valence-corrected chi connectivity index (χ1v) is 20.0. The number of nitrogens with two attached hydrogens (primary N) is 1. The molecule has 0 spiro atoms. The van der Waals surface area contributed by atoms with Crippen molar-refractivity contribution in [2.24, 2.45) is 5.41 Å². The van der Waals surface area contributed by atoms with Gasteiger partial charge in [0, 0.05) is 24.2 Å². The van der Waals surface area contributed by atoms with E-state index in [1.165, 1.54) is 21.6 Å². The molecule has 4 rings (SSSR count). The second-order valence-electron chi connectivity index (χ2n) is 13.3. The van der Waals surface area contributed by atoms with Crippen molar-refractivity contribution < 1.29 is 38.1 Å². The summed E-state index contributed by atoms with van der Waals surface area (Å²) in [7, 11) is 4.58. The van der Waals surface area contributed by atoms with Crippen molar-refractivity contribution in [1.82, 2.24) is 9.88 Å². The number of carbonyl (C=O) groups is 3. The van der Waals surface area contributed by atoms with Crippen LogP contribution in [0.1, 0.15) is 76.5 Å². The van der Waals surface area contributed by atoms with Gasteiger partial charge in [-0.25, -0.2) is 9.78 Å². The summed E-state index contributed by atoms with van der Waals surface area (Å²) in [5.41, 5.74) is 8.35. The van der Waals surface area contributed by atoms with Gasteiger partial charge < -0.3 is 34.3 Å². The zero-order valence-corrected chi connectivity index (χ0v) is 32.2. The number of piperidine rings is 1. The Labute approximate surface area is 315 Å². The molecule has 52 heavy (non-hydrogen) atoms. The van der Waals surface area contributed by atoms with Crippen LogP contribution < -0.4 is 15.2 Å². The fourth-order valence-electron chi connectivity index (χ4n) is 5.49. The summed E-state index contributed by atoms with van der Waals surface area (Å²) in [5.74, 6) is 0.491. The fraction of sp³-hybridized carbons (Fsp3) is 0.487. The Kier molecular flexibility index (Phi) is 16.4. The lowest BCUT2D eigenvalue weighted by Gasteiger charge is -2.35. The van der Waals surface area contributed by atoms with Gasteiger partial charge >= 0.3 is 11.9 Å². The number of nitrogens with zero attached hydrogens (tertiary/aromatic N) is 2. The molecule has 2 N–H and O–H groups in total. The van der Waals surface area contributed by atoms with Crippen LogP contribution in [0.15, 0.2) is 71.9 Å². The minimum Gasteiger partial charge on any atom is -0.493 e. The number of hydrogen-bond donors (Lipinski definition) is 1. The van der Waals surface area contributed by atoms with E-state index in [9.17, 15) is 14.4 Å². The monoisotopic (exact) mass is 753 g/mol. The normalized spacial score (nSPS) is 15.1. The first-order valence-electron chi connectivity index (χ1n) is 17.7. The number of methoxy groups -OCH3 is 1. The minimum atomic E-state index is -0.678. The van der Waals surface area contributed by atoms with Gasteiger partial charge in [-0.05, 0) is 102 Å². The van der Waals surface area contributed by atoms with Gasteiger partial charge in [-0.1, -0.05) is 55.8 Å². The Morgan fingerprint density at radius 1 is 1.06 bits per heavy atom. The van der Waals surface area contributed by atoms with E-state index in [0.717, 1.165) is 35.4 Å². The minimum absolute atomic E-state index is 0.0302. The number of esters is 2. The van der Waals surface area contributed by atoms with Gasteiger partial charge in [0.25, 0.3) is 0 Å². The lowest BCUT2D eigenvalue weighted by molar-refractivity contribution is -0.163. The van der Waals surface area contributed by atoms with E-state index in [4.69, 9.17) is 29.4 Å². The van der Waals surface area contributed by atoms with Crippen LogP contribution in [0.3, 0.4) is 0 Å². The Balaban J connectivity index is 1.32. The van der Waals surface area contributed by atoms with Gasteiger partial charge in [-0.2, -0.15) is 0 Å². The Morgan fingerprint density at radius 2 is 1.90 bits per heavy atom.